The minimum Gasteiger partial charge on any atom is -0.444 e. The molecule has 0 aliphatic heterocycles. The smallest absolute Gasteiger partial charge is 0.253 e. The fraction of sp³-hybridized carbons (Fsp3) is 0.286. The molecule has 0 bridgehead atoms. The summed E-state index contributed by atoms with van der Waals surface area (Å²) in [7, 11) is 0. The highest BCUT2D eigenvalue weighted by Crippen LogP contribution is 2.20. The fourth-order valence-electron chi connectivity index (χ4n) is 1.71. The lowest BCUT2D eigenvalue weighted by atomic mass is 10.1. The molecule has 1 atom stereocenters. The van der Waals surface area contributed by atoms with Crippen molar-refractivity contribution in [1.29, 1.82) is 0 Å². The molecule has 1 aromatic heterocycles. The van der Waals surface area contributed by atoms with Crippen LogP contribution in [0, 0.1) is 13.8 Å². The molecule has 0 radical (unpaired) electrons. The van der Waals surface area contributed by atoms with Gasteiger partial charge >= 0.3 is 0 Å². The molecule has 1 heterocycles. The fourth-order valence-corrected chi connectivity index (χ4v) is 2.39. The minimum absolute atomic E-state index is 0.157. The van der Waals surface area contributed by atoms with Gasteiger partial charge in [0.25, 0.3) is 5.91 Å². The number of carbonyl (C=O) groups is 1. The van der Waals surface area contributed by atoms with E-state index >= 15 is 0 Å². The molecule has 2 aromatic rings. The topological polar surface area (TPSA) is 55.1 Å². The van der Waals surface area contributed by atoms with Crippen LogP contribution in [0.5, 0.6) is 0 Å². The number of hydrogen-bond acceptors (Lipinski definition) is 3. The van der Waals surface area contributed by atoms with Gasteiger partial charge in [-0.3, -0.25) is 4.79 Å². The lowest BCUT2D eigenvalue weighted by molar-refractivity contribution is 0.0933. The van der Waals surface area contributed by atoms with Crippen LogP contribution in [0.4, 0.5) is 0 Å². The summed E-state index contributed by atoms with van der Waals surface area (Å²) in [6.07, 6.45) is 1.64. The number of benzene rings is 1. The summed E-state index contributed by atoms with van der Waals surface area (Å²) < 4.78 is 6.17. The minimum atomic E-state index is -0.269. The van der Waals surface area contributed by atoms with Gasteiger partial charge in [0.2, 0.25) is 5.89 Å². The first-order valence-corrected chi connectivity index (χ1v) is 6.76. The summed E-state index contributed by atoms with van der Waals surface area (Å²) in [5.74, 6) is 1.08. The summed E-state index contributed by atoms with van der Waals surface area (Å²) >= 11 is 3.40. The molecule has 5 heteroatoms. The maximum atomic E-state index is 12.2. The van der Waals surface area contributed by atoms with Crippen LogP contribution in [0.15, 0.2) is 33.3 Å². The SMILES string of the molecule is Cc1ccc(C(=O)NC(C)c2ncc(C)o2)c(Br)c1. The monoisotopic (exact) mass is 322 g/mol. The van der Waals surface area contributed by atoms with E-state index in [-0.39, 0.29) is 11.9 Å². The Labute approximate surface area is 120 Å². The number of carbonyl (C=O) groups excluding carboxylic acids is 1. The number of oxazole rings is 1. The first-order chi connectivity index (χ1) is 8.97. The van der Waals surface area contributed by atoms with E-state index in [4.69, 9.17) is 4.42 Å². The van der Waals surface area contributed by atoms with E-state index in [1.54, 1.807) is 12.3 Å². The normalized spacial score (nSPS) is 12.2. The molecule has 100 valence electrons. The summed E-state index contributed by atoms with van der Waals surface area (Å²) in [6, 6.07) is 5.34. The van der Waals surface area contributed by atoms with Gasteiger partial charge in [0.1, 0.15) is 11.8 Å². The Morgan fingerprint density at radius 1 is 1.42 bits per heavy atom. The van der Waals surface area contributed by atoms with Crippen LogP contribution in [0.25, 0.3) is 0 Å². The van der Waals surface area contributed by atoms with Crippen molar-refractivity contribution in [3.63, 3.8) is 0 Å². The van der Waals surface area contributed by atoms with Crippen molar-refractivity contribution in [2.24, 2.45) is 0 Å². The summed E-state index contributed by atoms with van der Waals surface area (Å²) in [5, 5.41) is 2.86. The molecule has 4 nitrogen and oxygen atoms in total. The van der Waals surface area contributed by atoms with Crippen LogP contribution >= 0.6 is 15.9 Å². The maximum absolute atomic E-state index is 12.2. The molecular formula is C14H15BrN2O2. The highest BCUT2D eigenvalue weighted by molar-refractivity contribution is 9.10. The molecule has 0 saturated carbocycles. The van der Waals surface area contributed by atoms with Gasteiger partial charge in [-0.2, -0.15) is 0 Å². The van der Waals surface area contributed by atoms with Crippen molar-refractivity contribution in [3.8, 4) is 0 Å². The average Bonchev–Trinajstić information content (AvgIpc) is 2.75. The molecule has 1 aromatic carbocycles. The Morgan fingerprint density at radius 2 is 2.16 bits per heavy atom. The van der Waals surface area contributed by atoms with E-state index in [1.165, 1.54) is 0 Å². The third kappa shape index (κ3) is 3.23. The summed E-state index contributed by atoms with van der Waals surface area (Å²) in [6.45, 7) is 5.64. The number of aryl methyl sites for hydroxylation is 2. The van der Waals surface area contributed by atoms with Gasteiger partial charge in [0, 0.05) is 4.47 Å². The highest BCUT2D eigenvalue weighted by atomic mass is 79.9. The summed E-state index contributed by atoms with van der Waals surface area (Å²) in [4.78, 5) is 16.3. The van der Waals surface area contributed by atoms with Crippen molar-refractivity contribution in [1.82, 2.24) is 10.3 Å². The largest absolute Gasteiger partial charge is 0.444 e. The second-order valence-electron chi connectivity index (χ2n) is 4.49. The van der Waals surface area contributed by atoms with Crippen LogP contribution in [0.1, 0.15) is 40.5 Å². The Hall–Kier alpha value is -1.62. The number of nitrogens with zero attached hydrogens (tertiary/aromatic N) is 1. The van der Waals surface area contributed by atoms with Crippen LogP contribution in [0.3, 0.4) is 0 Å². The number of rotatable bonds is 3. The molecule has 2 rings (SSSR count). The number of hydrogen-bond donors (Lipinski definition) is 1. The standard InChI is InChI=1S/C14H15BrN2O2/c1-8-4-5-11(12(15)6-8)13(18)17-10(3)14-16-7-9(2)19-14/h4-7,10H,1-3H3,(H,17,18). The predicted octanol–water partition coefficient (Wildman–Crippen LogP) is 3.54. The van der Waals surface area contributed by atoms with Crippen molar-refractivity contribution in [2.75, 3.05) is 0 Å². The Bertz CT molecular complexity index is 607. The first-order valence-electron chi connectivity index (χ1n) is 5.96. The van der Waals surface area contributed by atoms with Crippen LogP contribution < -0.4 is 5.32 Å². The number of halogens is 1. The van der Waals surface area contributed by atoms with Crippen molar-refractivity contribution < 1.29 is 9.21 Å². The van der Waals surface area contributed by atoms with Gasteiger partial charge in [-0.25, -0.2) is 4.98 Å². The number of amides is 1. The van der Waals surface area contributed by atoms with Crippen molar-refractivity contribution in [2.45, 2.75) is 26.8 Å². The lowest BCUT2D eigenvalue weighted by Crippen LogP contribution is -2.27. The van der Waals surface area contributed by atoms with E-state index in [0.717, 1.165) is 15.8 Å². The molecule has 0 saturated heterocycles. The molecular weight excluding hydrogens is 308 g/mol. The van der Waals surface area contributed by atoms with Gasteiger partial charge in [-0.05, 0) is 54.4 Å². The van der Waals surface area contributed by atoms with Crippen molar-refractivity contribution in [3.05, 3.63) is 51.6 Å². The van der Waals surface area contributed by atoms with Crippen LogP contribution in [-0.2, 0) is 0 Å². The average molecular weight is 323 g/mol. The Balaban J connectivity index is 2.12. The molecule has 19 heavy (non-hydrogen) atoms. The Kier molecular flexibility index (Phi) is 4.04. The molecule has 1 amide bonds. The van der Waals surface area contributed by atoms with Crippen LogP contribution in [0.2, 0.25) is 0 Å². The van der Waals surface area contributed by atoms with Gasteiger partial charge in [-0.15, -0.1) is 0 Å². The second-order valence-corrected chi connectivity index (χ2v) is 5.34. The van der Waals surface area contributed by atoms with Gasteiger partial charge in [0.05, 0.1) is 11.8 Å². The zero-order valence-electron chi connectivity index (χ0n) is 11.0. The van der Waals surface area contributed by atoms with Crippen molar-refractivity contribution >= 4 is 21.8 Å². The third-order valence-electron chi connectivity index (χ3n) is 2.73. The molecule has 0 aliphatic carbocycles. The van der Waals surface area contributed by atoms with E-state index in [9.17, 15) is 4.79 Å². The molecule has 0 fully saturated rings. The zero-order valence-corrected chi connectivity index (χ0v) is 12.6. The van der Waals surface area contributed by atoms with Gasteiger partial charge in [-0.1, -0.05) is 6.07 Å². The van der Waals surface area contributed by atoms with Gasteiger partial charge < -0.3 is 9.73 Å². The molecule has 0 aliphatic rings. The van der Waals surface area contributed by atoms with E-state index in [0.29, 0.717) is 11.5 Å². The highest BCUT2D eigenvalue weighted by Gasteiger charge is 2.17. The molecule has 1 N–H and O–H groups in total. The zero-order chi connectivity index (χ0) is 14.0. The molecule has 0 spiro atoms. The molecule has 1 unspecified atom stereocenters. The number of aromatic nitrogens is 1. The maximum Gasteiger partial charge on any atom is 0.253 e. The van der Waals surface area contributed by atoms with E-state index in [1.807, 2.05) is 32.9 Å². The third-order valence-corrected chi connectivity index (χ3v) is 3.38. The first kappa shape index (κ1) is 13.8. The lowest BCUT2D eigenvalue weighted by Gasteiger charge is -2.11. The van der Waals surface area contributed by atoms with E-state index in [2.05, 4.69) is 26.2 Å². The second kappa shape index (κ2) is 5.57. The predicted molar refractivity (Wildman–Crippen MR) is 76.0 cm³/mol. The quantitative estimate of drug-likeness (QED) is 0.940. The summed E-state index contributed by atoms with van der Waals surface area (Å²) in [5.41, 5.74) is 1.69. The Morgan fingerprint density at radius 3 is 2.74 bits per heavy atom. The van der Waals surface area contributed by atoms with Crippen LogP contribution in [-0.4, -0.2) is 10.9 Å². The number of nitrogens with one attached hydrogen (secondary N) is 1. The van der Waals surface area contributed by atoms with Gasteiger partial charge in [0.15, 0.2) is 0 Å². The van der Waals surface area contributed by atoms with E-state index < -0.39 is 0 Å².